The number of ether oxygens (including phenoxy) is 1. The Morgan fingerprint density at radius 1 is 1.25 bits per heavy atom. The summed E-state index contributed by atoms with van der Waals surface area (Å²) in [4.78, 5) is 23.6. The maximum atomic E-state index is 11.8. The van der Waals surface area contributed by atoms with Crippen LogP contribution >= 0.6 is 0 Å². The van der Waals surface area contributed by atoms with Crippen molar-refractivity contribution >= 4 is 11.9 Å². The van der Waals surface area contributed by atoms with Crippen LogP contribution in [0.3, 0.4) is 0 Å². The summed E-state index contributed by atoms with van der Waals surface area (Å²) in [6.07, 6.45) is 4.08. The molecule has 0 bridgehead atoms. The summed E-state index contributed by atoms with van der Waals surface area (Å²) < 4.78 is 4.73. The Kier molecular flexibility index (Phi) is 6.50. The zero-order chi connectivity index (χ0) is 15.0. The molecular formula is C16H21NO3. The van der Waals surface area contributed by atoms with Gasteiger partial charge >= 0.3 is 5.97 Å². The Bertz CT molecular complexity index is 466. The second-order valence-corrected chi connectivity index (χ2v) is 4.91. The first kappa shape index (κ1) is 16.0. The first-order chi connectivity index (χ1) is 9.54. The van der Waals surface area contributed by atoms with Crippen LogP contribution in [0.25, 0.3) is 0 Å². The minimum atomic E-state index is -0.780. The molecule has 0 heterocycles. The van der Waals surface area contributed by atoms with Gasteiger partial charge in [0, 0.05) is 0 Å². The van der Waals surface area contributed by atoms with Crippen molar-refractivity contribution in [2.24, 2.45) is 5.92 Å². The Morgan fingerprint density at radius 2 is 1.90 bits per heavy atom. The van der Waals surface area contributed by atoms with Crippen molar-refractivity contribution in [2.45, 2.75) is 26.3 Å². The summed E-state index contributed by atoms with van der Waals surface area (Å²) in [5.74, 6) is -0.295. The maximum absolute atomic E-state index is 11.8. The van der Waals surface area contributed by atoms with Gasteiger partial charge < -0.3 is 10.1 Å². The molecule has 0 saturated heterocycles. The summed E-state index contributed by atoms with van der Waals surface area (Å²) in [5, 5.41) is 2.66. The van der Waals surface area contributed by atoms with Crippen molar-refractivity contribution in [3.05, 3.63) is 48.0 Å². The van der Waals surface area contributed by atoms with Gasteiger partial charge in [0.15, 0.2) is 6.04 Å². The van der Waals surface area contributed by atoms with Crippen LogP contribution in [0.15, 0.2) is 42.5 Å². The maximum Gasteiger partial charge on any atom is 0.333 e. The molecule has 20 heavy (non-hydrogen) atoms. The highest BCUT2D eigenvalue weighted by Crippen LogP contribution is 2.14. The first-order valence-corrected chi connectivity index (χ1v) is 6.64. The van der Waals surface area contributed by atoms with Crippen molar-refractivity contribution in [1.82, 2.24) is 5.32 Å². The molecular weight excluding hydrogens is 254 g/mol. The van der Waals surface area contributed by atoms with Crippen LogP contribution in [-0.4, -0.2) is 19.0 Å². The van der Waals surface area contributed by atoms with Crippen LogP contribution in [-0.2, 0) is 14.3 Å². The normalized spacial score (nSPS) is 12.4. The molecule has 0 aromatic heterocycles. The molecule has 1 aromatic rings. The molecule has 0 aliphatic rings. The van der Waals surface area contributed by atoms with E-state index in [-0.39, 0.29) is 5.91 Å². The lowest BCUT2D eigenvalue weighted by atomic mass is 10.1. The fourth-order valence-electron chi connectivity index (χ4n) is 1.68. The minimum Gasteiger partial charge on any atom is -0.467 e. The number of hydrogen-bond acceptors (Lipinski definition) is 3. The fourth-order valence-corrected chi connectivity index (χ4v) is 1.68. The number of hydrogen-bond donors (Lipinski definition) is 1. The SMILES string of the molecule is COC(=O)[C@@H](NC(=O)/C=C/CC(C)C)c1ccccc1. The van der Waals surface area contributed by atoms with Gasteiger partial charge in [-0.1, -0.05) is 50.3 Å². The Labute approximate surface area is 119 Å². The van der Waals surface area contributed by atoms with E-state index in [1.807, 2.05) is 18.2 Å². The third-order valence-electron chi connectivity index (χ3n) is 2.73. The summed E-state index contributed by atoms with van der Waals surface area (Å²) >= 11 is 0. The van der Waals surface area contributed by atoms with Gasteiger partial charge in [-0.25, -0.2) is 4.79 Å². The molecule has 0 spiro atoms. The number of rotatable bonds is 6. The van der Waals surface area contributed by atoms with Crippen LogP contribution < -0.4 is 5.32 Å². The van der Waals surface area contributed by atoms with E-state index in [2.05, 4.69) is 19.2 Å². The van der Waals surface area contributed by atoms with Gasteiger partial charge in [-0.15, -0.1) is 0 Å². The lowest BCUT2D eigenvalue weighted by molar-refractivity contribution is -0.144. The summed E-state index contributed by atoms with van der Waals surface area (Å²) in [6.45, 7) is 4.15. The van der Waals surface area contributed by atoms with E-state index in [0.717, 1.165) is 6.42 Å². The third-order valence-corrected chi connectivity index (χ3v) is 2.73. The quantitative estimate of drug-likeness (QED) is 0.641. The van der Waals surface area contributed by atoms with Gasteiger partial charge in [-0.2, -0.15) is 0 Å². The van der Waals surface area contributed by atoms with Gasteiger partial charge in [0.1, 0.15) is 0 Å². The molecule has 4 nitrogen and oxygen atoms in total. The second kappa shape index (κ2) is 8.15. The highest BCUT2D eigenvalue weighted by atomic mass is 16.5. The molecule has 1 amide bonds. The number of carbonyl (C=O) groups excluding carboxylic acids is 2. The highest BCUT2D eigenvalue weighted by molar-refractivity contribution is 5.91. The largest absolute Gasteiger partial charge is 0.467 e. The Hall–Kier alpha value is -2.10. The monoisotopic (exact) mass is 275 g/mol. The van der Waals surface area contributed by atoms with Crippen molar-refractivity contribution in [1.29, 1.82) is 0 Å². The number of nitrogens with one attached hydrogen (secondary N) is 1. The lowest BCUT2D eigenvalue weighted by Crippen LogP contribution is -2.33. The van der Waals surface area contributed by atoms with Gasteiger partial charge in [-0.05, 0) is 24.0 Å². The smallest absolute Gasteiger partial charge is 0.333 e. The molecule has 1 N–H and O–H groups in total. The number of carbonyl (C=O) groups is 2. The number of esters is 1. The highest BCUT2D eigenvalue weighted by Gasteiger charge is 2.22. The molecule has 0 saturated carbocycles. The van der Waals surface area contributed by atoms with Crippen LogP contribution in [0.2, 0.25) is 0 Å². The van der Waals surface area contributed by atoms with E-state index in [0.29, 0.717) is 11.5 Å². The molecule has 0 aliphatic heterocycles. The molecule has 4 heteroatoms. The molecule has 0 fully saturated rings. The third kappa shape index (κ3) is 5.26. The second-order valence-electron chi connectivity index (χ2n) is 4.91. The Balaban J connectivity index is 2.74. The van der Waals surface area contributed by atoms with Crippen molar-refractivity contribution < 1.29 is 14.3 Å². The molecule has 0 unspecified atom stereocenters. The predicted octanol–water partition coefficient (Wildman–Crippen LogP) is 2.62. The number of amides is 1. The standard InChI is InChI=1S/C16H21NO3/c1-12(2)8-7-11-14(18)17-15(16(19)20-3)13-9-5-4-6-10-13/h4-7,9-12,15H,8H2,1-3H3,(H,17,18)/b11-7+/t15-/m0/s1. The first-order valence-electron chi connectivity index (χ1n) is 6.64. The molecule has 1 atom stereocenters. The van der Waals surface area contributed by atoms with Gasteiger partial charge in [-0.3, -0.25) is 4.79 Å². The zero-order valence-electron chi connectivity index (χ0n) is 12.1. The van der Waals surface area contributed by atoms with Crippen LogP contribution in [0.4, 0.5) is 0 Å². The summed E-state index contributed by atoms with van der Waals surface area (Å²) in [6, 6.07) is 8.25. The van der Waals surface area contributed by atoms with Crippen molar-refractivity contribution in [3.8, 4) is 0 Å². The van der Waals surface area contributed by atoms with Gasteiger partial charge in [0.05, 0.1) is 7.11 Å². The van der Waals surface area contributed by atoms with E-state index >= 15 is 0 Å². The average molecular weight is 275 g/mol. The van der Waals surface area contributed by atoms with Crippen molar-refractivity contribution in [3.63, 3.8) is 0 Å². The molecule has 1 aromatic carbocycles. The summed E-state index contributed by atoms with van der Waals surface area (Å²) in [5.41, 5.74) is 0.699. The van der Waals surface area contributed by atoms with Crippen LogP contribution in [0.1, 0.15) is 31.9 Å². The molecule has 0 radical (unpaired) electrons. The van der Waals surface area contributed by atoms with Crippen LogP contribution in [0.5, 0.6) is 0 Å². The average Bonchev–Trinajstić information content (AvgIpc) is 2.44. The Morgan fingerprint density at radius 3 is 2.45 bits per heavy atom. The van der Waals surface area contributed by atoms with E-state index in [1.54, 1.807) is 18.2 Å². The summed E-state index contributed by atoms with van der Waals surface area (Å²) in [7, 11) is 1.30. The van der Waals surface area contributed by atoms with Crippen LogP contribution in [0, 0.1) is 5.92 Å². The number of methoxy groups -OCH3 is 1. The molecule has 1 rings (SSSR count). The van der Waals surface area contributed by atoms with Gasteiger partial charge in [0.25, 0.3) is 0 Å². The fraction of sp³-hybridized carbons (Fsp3) is 0.375. The predicted molar refractivity (Wildman–Crippen MR) is 77.9 cm³/mol. The minimum absolute atomic E-state index is 0.301. The van der Waals surface area contributed by atoms with E-state index in [9.17, 15) is 9.59 Å². The number of benzene rings is 1. The number of allylic oxidation sites excluding steroid dienone is 1. The molecule has 108 valence electrons. The van der Waals surface area contributed by atoms with E-state index < -0.39 is 12.0 Å². The van der Waals surface area contributed by atoms with E-state index in [1.165, 1.54) is 13.2 Å². The topological polar surface area (TPSA) is 55.4 Å². The lowest BCUT2D eigenvalue weighted by Gasteiger charge is -2.15. The zero-order valence-corrected chi connectivity index (χ0v) is 12.1. The van der Waals surface area contributed by atoms with Gasteiger partial charge in [0.2, 0.25) is 5.91 Å². The molecule has 0 aliphatic carbocycles. The van der Waals surface area contributed by atoms with Crippen molar-refractivity contribution in [2.75, 3.05) is 7.11 Å². The van der Waals surface area contributed by atoms with E-state index in [4.69, 9.17) is 4.74 Å².